The molecule has 2 heterocycles. The van der Waals surface area contributed by atoms with E-state index in [4.69, 9.17) is 9.47 Å². The number of H-pyrrole nitrogens is 2. The van der Waals surface area contributed by atoms with Crippen LogP contribution in [-0.2, 0) is 14.3 Å². The highest BCUT2D eigenvalue weighted by Crippen LogP contribution is 2.33. The molecule has 0 radical (unpaired) electrons. The number of carbonyl (C=O) groups is 4. The van der Waals surface area contributed by atoms with Crippen LogP contribution in [0.5, 0.6) is 11.5 Å². The van der Waals surface area contributed by atoms with Crippen molar-refractivity contribution in [3.05, 3.63) is 144 Å². The molecule has 1 unspecified atom stereocenters. The molecule has 3 N–H and O–H groups in total. The molecule has 0 fully saturated rings. The zero-order valence-electron chi connectivity index (χ0n) is 27.5. The molecule has 0 spiro atoms. The molecule has 0 aliphatic carbocycles. The summed E-state index contributed by atoms with van der Waals surface area (Å²) in [5.74, 6) is -5.95. The van der Waals surface area contributed by atoms with Crippen LogP contribution in [0.2, 0.25) is 0 Å². The predicted molar refractivity (Wildman–Crippen MR) is 182 cm³/mol. The van der Waals surface area contributed by atoms with Crippen LogP contribution < -0.4 is 9.47 Å². The second kappa shape index (κ2) is 17.8. The Hall–Kier alpha value is -6.70. The average molecular weight is 719 g/mol. The summed E-state index contributed by atoms with van der Waals surface area (Å²) >= 11 is 0. The molecular weight excluding hydrogens is 688 g/mol. The molecule has 6 rings (SSSR count). The maximum atomic E-state index is 13.8. The van der Waals surface area contributed by atoms with Gasteiger partial charge in [0.1, 0.15) is 34.8 Å². The Kier molecular flexibility index (Phi) is 13.0. The molecule has 0 saturated heterocycles. The number of benzene rings is 4. The van der Waals surface area contributed by atoms with E-state index in [1.54, 1.807) is 25.3 Å². The van der Waals surface area contributed by atoms with E-state index < -0.39 is 53.1 Å². The number of carbonyl (C=O) groups excluding carboxylic acids is 3. The number of ether oxygens (including phenoxy) is 3. The molecule has 1 atom stereocenters. The molecule has 268 valence electrons. The van der Waals surface area contributed by atoms with E-state index in [0.717, 1.165) is 47.9 Å². The highest BCUT2D eigenvalue weighted by atomic mass is 19.1. The maximum absolute atomic E-state index is 13.8. The number of ketones is 2. The minimum absolute atomic E-state index is 0.116. The Morgan fingerprint density at radius 3 is 2.00 bits per heavy atom. The summed E-state index contributed by atoms with van der Waals surface area (Å²) in [6.45, 7) is 0.116. The normalized spacial score (nSPS) is 11.2. The molecule has 0 aliphatic rings. The van der Waals surface area contributed by atoms with E-state index >= 15 is 0 Å². The molecule has 14 heteroatoms. The van der Waals surface area contributed by atoms with Gasteiger partial charge < -0.3 is 29.3 Å². The van der Waals surface area contributed by atoms with E-state index in [-0.39, 0.29) is 17.6 Å². The number of carboxylic acid groups (broad SMARTS) is 1. The van der Waals surface area contributed by atoms with E-state index in [1.165, 1.54) is 18.7 Å². The smallest absolute Gasteiger partial charge is 0.311 e. The zero-order valence-corrected chi connectivity index (χ0v) is 27.5. The number of Topliss-reactive ketones (excluding diaryl/α,β-unsaturated/α-hetero) is 1. The lowest BCUT2D eigenvalue weighted by atomic mass is 9.91. The zero-order chi connectivity index (χ0) is 37.8. The number of rotatable bonds is 11. The lowest BCUT2D eigenvalue weighted by Crippen LogP contribution is -2.17. The molecule has 6 aromatic rings. The number of fused-ring (bicyclic) bond motifs is 2. The van der Waals surface area contributed by atoms with E-state index in [0.29, 0.717) is 34.3 Å². The lowest BCUT2D eigenvalue weighted by Gasteiger charge is -2.12. The van der Waals surface area contributed by atoms with Gasteiger partial charge in [0.05, 0.1) is 48.6 Å². The number of hydrogen-bond donors (Lipinski definition) is 3. The fourth-order valence-electron chi connectivity index (χ4n) is 5.09. The number of hydrogen-bond acceptors (Lipinski definition) is 7. The Labute approximate surface area is 293 Å². The second-order valence-electron chi connectivity index (χ2n) is 10.7. The second-order valence-corrected chi connectivity index (χ2v) is 10.7. The lowest BCUT2D eigenvalue weighted by molar-refractivity contribution is -0.138. The van der Waals surface area contributed by atoms with Gasteiger partial charge in [0.2, 0.25) is 0 Å². The SMILES string of the molecule is COc1cccc2c(C(CC(=O)c3ccc(F)cc3F)C(=O)O)c[nH]c12.COc1cccc2cc[nH]c12.O=CO/C=C/C(=O)c1ccc(F)cc1F. The van der Waals surface area contributed by atoms with Crippen LogP contribution in [0, 0.1) is 23.3 Å². The third-order valence-electron chi connectivity index (χ3n) is 7.54. The number of halogens is 4. The Balaban J connectivity index is 0.000000195. The number of allylic oxidation sites excluding steroid dienone is 1. The van der Waals surface area contributed by atoms with Gasteiger partial charge in [-0.05, 0) is 48.0 Å². The number of para-hydroxylation sites is 2. The van der Waals surface area contributed by atoms with E-state index in [9.17, 15) is 41.8 Å². The summed E-state index contributed by atoms with van der Waals surface area (Å²) in [6, 6.07) is 18.3. The highest BCUT2D eigenvalue weighted by molar-refractivity contribution is 6.04. The Morgan fingerprint density at radius 1 is 0.788 bits per heavy atom. The van der Waals surface area contributed by atoms with Crippen molar-refractivity contribution < 1.29 is 56.1 Å². The fraction of sp³-hybridized carbons (Fsp3) is 0.105. The first-order valence-corrected chi connectivity index (χ1v) is 15.2. The van der Waals surface area contributed by atoms with Crippen LogP contribution in [0.3, 0.4) is 0 Å². The van der Waals surface area contributed by atoms with Crippen molar-refractivity contribution in [2.24, 2.45) is 0 Å². The van der Waals surface area contributed by atoms with Crippen molar-refractivity contribution >= 4 is 45.8 Å². The number of aliphatic carboxylic acids is 1. The number of nitrogens with one attached hydrogen (secondary N) is 2. The molecule has 52 heavy (non-hydrogen) atoms. The van der Waals surface area contributed by atoms with E-state index in [2.05, 4.69) is 14.7 Å². The molecular formula is C38H30F4N2O8. The Bertz CT molecular complexity index is 2250. The number of methoxy groups -OCH3 is 2. The summed E-state index contributed by atoms with van der Waals surface area (Å²) in [7, 11) is 3.17. The Morgan fingerprint density at radius 2 is 1.40 bits per heavy atom. The van der Waals surface area contributed by atoms with Gasteiger partial charge >= 0.3 is 5.97 Å². The van der Waals surface area contributed by atoms with Crippen LogP contribution in [-0.4, -0.2) is 53.3 Å². The third-order valence-corrected chi connectivity index (χ3v) is 7.54. The minimum Gasteiger partial charge on any atom is -0.495 e. The van der Waals surface area contributed by atoms with Gasteiger partial charge in [-0.25, -0.2) is 17.6 Å². The average Bonchev–Trinajstić information content (AvgIpc) is 3.79. The van der Waals surface area contributed by atoms with E-state index in [1.807, 2.05) is 30.5 Å². The van der Waals surface area contributed by atoms with Crippen LogP contribution in [0.25, 0.3) is 21.8 Å². The van der Waals surface area contributed by atoms with Crippen molar-refractivity contribution in [3.8, 4) is 11.5 Å². The van der Waals surface area contributed by atoms with Crippen molar-refractivity contribution in [1.82, 2.24) is 9.97 Å². The standard InChI is InChI=1S/C19H15F2NO4.C10H6F2O3.C9H9NO/c1-26-17-4-2-3-11-14(9-22-18(11)17)13(19(24)25)8-16(23)12-6-5-10(20)7-15(12)21;11-7-1-2-8(9(12)5-7)10(14)3-4-15-6-13;1-11-8-4-2-3-7-5-6-10-9(7)8/h2-7,9,13,22H,8H2,1H3,(H,24,25);1-6H;2-6,10H,1H3/b;4-3+;. The molecule has 0 saturated carbocycles. The maximum Gasteiger partial charge on any atom is 0.311 e. The molecule has 10 nitrogen and oxygen atoms in total. The third kappa shape index (κ3) is 9.29. The highest BCUT2D eigenvalue weighted by Gasteiger charge is 2.28. The van der Waals surface area contributed by atoms with Gasteiger partial charge in [0.15, 0.2) is 11.6 Å². The van der Waals surface area contributed by atoms with Crippen LogP contribution in [0.4, 0.5) is 17.6 Å². The summed E-state index contributed by atoms with van der Waals surface area (Å²) in [5, 5.41) is 11.4. The topological polar surface area (TPSA) is 148 Å². The van der Waals surface area contributed by atoms with Crippen molar-refractivity contribution in [3.63, 3.8) is 0 Å². The first-order valence-electron chi connectivity index (χ1n) is 15.2. The summed E-state index contributed by atoms with van der Waals surface area (Å²) in [6.07, 6.45) is 4.64. The predicted octanol–water partition coefficient (Wildman–Crippen LogP) is 7.91. The van der Waals surface area contributed by atoms with Gasteiger partial charge in [-0.3, -0.25) is 19.2 Å². The number of aromatic amines is 2. The van der Waals surface area contributed by atoms with Gasteiger partial charge in [0.25, 0.3) is 6.47 Å². The van der Waals surface area contributed by atoms with Gasteiger partial charge in [0, 0.05) is 47.8 Å². The van der Waals surface area contributed by atoms with Gasteiger partial charge in [-0.2, -0.15) is 0 Å². The molecule has 2 aromatic heterocycles. The first kappa shape index (κ1) is 38.1. The molecule has 4 aromatic carbocycles. The van der Waals surface area contributed by atoms with Gasteiger partial charge in [-0.15, -0.1) is 0 Å². The number of aromatic nitrogens is 2. The molecule has 0 aliphatic heterocycles. The summed E-state index contributed by atoms with van der Waals surface area (Å²) < 4.78 is 66.8. The largest absolute Gasteiger partial charge is 0.495 e. The van der Waals surface area contributed by atoms with Crippen LogP contribution in [0.1, 0.15) is 38.6 Å². The van der Waals surface area contributed by atoms with Crippen molar-refractivity contribution in [2.75, 3.05) is 14.2 Å². The van der Waals surface area contributed by atoms with Crippen LogP contribution >= 0.6 is 0 Å². The van der Waals surface area contributed by atoms with Crippen molar-refractivity contribution in [1.29, 1.82) is 0 Å². The van der Waals surface area contributed by atoms with Gasteiger partial charge in [-0.1, -0.05) is 24.3 Å². The summed E-state index contributed by atoms with van der Waals surface area (Å²) in [5.41, 5.74) is 1.44. The van der Waals surface area contributed by atoms with Crippen LogP contribution in [0.15, 0.2) is 104 Å². The minimum atomic E-state index is -1.22. The quantitative estimate of drug-likeness (QED) is 0.0403. The summed E-state index contributed by atoms with van der Waals surface area (Å²) in [4.78, 5) is 51.1. The monoisotopic (exact) mass is 718 g/mol. The molecule has 0 bridgehead atoms. The fourth-order valence-corrected chi connectivity index (χ4v) is 5.09. The molecule has 0 amide bonds. The van der Waals surface area contributed by atoms with Crippen molar-refractivity contribution in [2.45, 2.75) is 12.3 Å². The number of carboxylic acids is 1. The first-order chi connectivity index (χ1) is 25.0.